The first-order chi connectivity index (χ1) is 9.39. The second-order valence-corrected chi connectivity index (χ2v) is 5.80. The molecule has 0 fully saturated rings. The number of nitrogens with one attached hydrogen (secondary N) is 1. The highest BCUT2D eigenvalue weighted by Crippen LogP contribution is 2.29. The maximum atomic E-state index is 12.1. The second kappa shape index (κ2) is 5.95. The van der Waals surface area contributed by atoms with Crippen molar-refractivity contribution in [3.8, 4) is 0 Å². The van der Waals surface area contributed by atoms with Crippen LogP contribution >= 0.6 is 11.3 Å². The van der Waals surface area contributed by atoms with Crippen molar-refractivity contribution in [1.82, 2.24) is 9.97 Å². The molecule has 0 aromatic carbocycles. The van der Waals surface area contributed by atoms with Gasteiger partial charge in [0.1, 0.15) is 16.5 Å². The number of thiophene rings is 1. The molecule has 0 aliphatic heterocycles. The normalized spacial score (nSPS) is 12.1. The molecule has 0 saturated heterocycles. The summed E-state index contributed by atoms with van der Waals surface area (Å²) in [5, 5.41) is 3.89. The molecule has 1 N–H and O–H groups in total. The summed E-state index contributed by atoms with van der Waals surface area (Å²) in [5.74, 6) is 1.34. The van der Waals surface area contributed by atoms with Gasteiger partial charge in [0.2, 0.25) is 0 Å². The minimum Gasteiger partial charge on any atom is -0.369 e. The van der Waals surface area contributed by atoms with Gasteiger partial charge >= 0.3 is 6.18 Å². The Balaban J connectivity index is 2.12. The topological polar surface area (TPSA) is 37.8 Å². The van der Waals surface area contributed by atoms with Gasteiger partial charge in [-0.25, -0.2) is 9.97 Å². The maximum absolute atomic E-state index is 12.1. The first-order valence-corrected chi connectivity index (χ1v) is 7.28. The Labute approximate surface area is 119 Å². The molecule has 0 aliphatic carbocycles. The summed E-state index contributed by atoms with van der Waals surface area (Å²) < 4.78 is 36.3. The van der Waals surface area contributed by atoms with E-state index in [2.05, 4.69) is 15.3 Å². The Kier molecular flexibility index (Phi) is 4.47. The fourth-order valence-electron chi connectivity index (χ4n) is 1.87. The number of alkyl halides is 3. The molecule has 2 heterocycles. The first-order valence-electron chi connectivity index (χ1n) is 6.46. The number of fused-ring (bicyclic) bond motifs is 1. The number of hydrogen-bond acceptors (Lipinski definition) is 4. The molecular formula is C13H16F3N3S. The highest BCUT2D eigenvalue weighted by atomic mass is 32.1. The average molecular weight is 303 g/mol. The van der Waals surface area contributed by atoms with Gasteiger partial charge in [0, 0.05) is 24.3 Å². The van der Waals surface area contributed by atoms with Crippen LogP contribution < -0.4 is 5.32 Å². The SMILES string of the molecule is CCc1nc(NCCCC(F)(F)F)c2cc(C)sc2n1. The minimum absolute atomic E-state index is 0.0412. The van der Waals surface area contributed by atoms with E-state index < -0.39 is 12.6 Å². The van der Waals surface area contributed by atoms with Gasteiger partial charge in [-0.3, -0.25) is 0 Å². The smallest absolute Gasteiger partial charge is 0.369 e. The van der Waals surface area contributed by atoms with Crippen molar-refractivity contribution in [3.05, 3.63) is 16.8 Å². The van der Waals surface area contributed by atoms with Crippen LogP contribution in [0.5, 0.6) is 0 Å². The summed E-state index contributed by atoms with van der Waals surface area (Å²) in [5.41, 5.74) is 0. The van der Waals surface area contributed by atoms with Crippen molar-refractivity contribution >= 4 is 27.4 Å². The van der Waals surface area contributed by atoms with Gasteiger partial charge in [-0.05, 0) is 19.4 Å². The maximum Gasteiger partial charge on any atom is 0.389 e. The third kappa shape index (κ3) is 3.82. The molecule has 0 atom stereocenters. The Morgan fingerprint density at radius 2 is 2.05 bits per heavy atom. The monoisotopic (exact) mass is 303 g/mol. The van der Waals surface area contributed by atoms with Crippen molar-refractivity contribution in [2.75, 3.05) is 11.9 Å². The Hall–Kier alpha value is -1.37. The predicted molar refractivity (Wildman–Crippen MR) is 75.3 cm³/mol. The Morgan fingerprint density at radius 1 is 1.30 bits per heavy atom. The third-order valence-electron chi connectivity index (χ3n) is 2.81. The molecule has 110 valence electrons. The van der Waals surface area contributed by atoms with Crippen molar-refractivity contribution in [3.63, 3.8) is 0 Å². The number of anilines is 1. The molecule has 20 heavy (non-hydrogen) atoms. The van der Waals surface area contributed by atoms with Gasteiger partial charge in [0.15, 0.2) is 0 Å². The van der Waals surface area contributed by atoms with Crippen molar-refractivity contribution in [1.29, 1.82) is 0 Å². The number of halogens is 3. The molecule has 2 aromatic rings. The van der Waals surface area contributed by atoms with Crippen molar-refractivity contribution in [2.24, 2.45) is 0 Å². The van der Waals surface area contributed by atoms with Gasteiger partial charge in [0.25, 0.3) is 0 Å². The van der Waals surface area contributed by atoms with Crippen LogP contribution in [0.3, 0.4) is 0 Å². The van der Waals surface area contributed by atoms with E-state index in [1.165, 1.54) is 0 Å². The Bertz CT molecular complexity index is 592. The molecule has 0 unspecified atom stereocenters. The number of rotatable bonds is 5. The van der Waals surface area contributed by atoms with E-state index >= 15 is 0 Å². The number of hydrogen-bond donors (Lipinski definition) is 1. The quantitative estimate of drug-likeness (QED) is 0.836. The van der Waals surface area contributed by atoms with Crippen LogP contribution in [-0.4, -0.2) is 22.7 Å². The first kappa shape index (κ1) is 15.0. The van der Waals surface area contributed by atoms with Gasteiger partial charge in [-0.15, -0.1) is 11.3 Å². The lowest BCUT2D eigenvalue weighted by atomic mass is 10.3. The van der Waals surface area contributed by atoms with Crippen LogP contribution in [-0.2, 0) is 6.42 Å². The lowest BCUT2D eigenvalue weighted by molar-refractivity contribution is -0.134. The van der Waals surface area contributed by atoms with E-state index in [9.17, 15) is 13.2 Å². The number of nitrogens with zero attached hydrogens (tertiary/aromatic N) is 2. The van der Waals surface area contributed by atoms with Crippen LogP contribution in [0.25, 0.3) is 10.2 Å². The summed E-state index contributed by atoms with van der Waals surface area (Å²) >= 11 is 1.57. The van der Waals surface area contributed by atoms with Crippen LogP contribution in [0.2, 0.25) is 0 Å². The standard InChI is InChI=1S/C13H16F3N3S/c1-3-10-18-11(17-6-4-5-13(14,15)16)9-7-8(2)20-12(9)19-10/h7H,3-6H2,1-2H3,(H,17,18,19). The fourth-order valence-corrected chi connectivity index (χ4v) is 2.77. The average Bonchev–Trinajstić information content (AvgIpc) is 2.73. The molecule has 0 bridgehead atoms. The van der Waals surface area contributed by atoms with Crippen molar-refractivity contribution in [2.45, 2.75) is 39.3 Å². The van der Waals surface area contributed by atoms with Gasteiger partial charge < -0.3 is 5.32 Å². The van der Waals surface area contributed by atoms with Crippen LogP contribution in [0, 0.1) is 6.92 Å². The van der Waals surface area contributed by atoms with Crippen LogP contribution in [0.1, 0.15) is 30.5 Å². The summed E-state index contributed by atoms with van der Waals surface area (Å²) in [6.07, 6.45) is -4.14. The summed E-state index contributed by atoms with van der Waals surface area (Å²) in [7, 11) is 0. The molecule has 0 aliphatic rings. The summed E-state index contributed by atoms with van der Waals surface area (Å²) in [6.45, 7) is 4.18. The third-order valence-corrected chi connectivity index (χ3v) is 3.75. The van der Waals surface area contributed by atoms with Gasteiger partial charge in [-0.1, -0.05) is 6.92 Å². The lowest BCUT2D eigenvalue weighted by Crippen LogP contribution is -2.12. The lowest BCUT2D eigenvalue weighted by Gasteiger charge is -2.09. The van der Waals surface area contributed by atoms with Crippen LogP contribution in [0.4, 0.5) is 19.0 Å². The fraction of sp³-hybridized carbons (Fsp3) is 0.538. The molecule has 0 amide bonds. The zero-order valence-corrected chi connectivity index (χ0v) is 12.2. The van der Waals surface area contributed by atoms with E-state index in [0.717, 1.165) is 15.1 Å². The van der Waals surface area contributed by atoms with E-state index in [1.54, 1.807) is 11.3 Å². The predicted octanol–water partition coefficient (Wildman–Crippen LogP) is 4.32. The van der Waals surface area contributed by atoms with Gasteiger partial charge in [-0.2, -0.15) is 13.2 Å². The molecule has 0 radical (unpaired) electrons. The molecule has 2 aromatic heterocycles. The van der Waals surface area contributed by atoms with Crippen LogP contribution in [0.15, 0.2) is 6.07 Å². The molecule has 0 saturated carbocycles. The van der Waals surface area contributed by atoms with E-state index in [1.807, 2.05) is 19.9 Å². The van der Waals surface area contributed by atoms with Gasteiger partial charge in [0.05, 0.1) is 5.39 Å². The molecular weight excluding hydrogens is 287 g/mol. The molecule has 3 nitrogen and oxygen atoms in total. The van der Waals surface area contributed by atoms with E-state index in [0.29, 0.717) is 18.1 Å². The largest absolute Gasteiger partial charge is 0.389 e. The summed E-state index contributed by atoms with van der Waals surface area (Å²) in [4.78, 5) is 10.8. The minimum atomic E-state index is -4.10. The van der Waals surface area contributed by atoms with E-state index in [4.69, 9.17) is 0 Å². The molecule has 0 spiro atoms. The zero-order chi connectivity index (χ0) is 14.8. The highest BCUT2D eigenvalue weighted by molar-refractivity contribution is 7.18. The summed E-state index contributed by atoms with van der Waals surface area (Å²) in [6, 6.07) is 1.96. The number of aryl methyl sites for hydroxylation is 2. The second-order valence-electron chi connectivity index (χ2n) is 4.56. The van der Waals surface area contributed by atoms with E-state index in [-0.39, 0.29) is 13.0 Å². The Morgan fingerprint density at radius 3 is 2.70 bits per heavy atom. The van der Waals surface area contributed by atoms with Crippen molar-refractivity contribution < 1.29 is 13.2 Å². The zero-order valence-electron chi connectivity index (χ0n) is 11.3. The molecule has 7 heteroatoms. The number of aromatic nitrogens is 2. The molecule has 2 rings (SSSR count). The highest BCUT2D eigenvalue weighted by Gasteiger charge is 2.25.